The predicted octanol–water partition coefficient (Wildman–Crippen LogP) is 3.55. The monoisotopic (exact) mass is 296 g/mol. The molecule has 2 aliphatic rings. The highest BCUT2D eigenvalue weighted by molar-refractivity contribution is 5.68. The number of hydrogen-bond acceptors (Lipinski definition) is 3. The van der Waals surface area contributed by atoms with Gasteiger partial charge in [0, 0.05) is 25.2 Å². The summed E-state index contributed by atoms with van der Waals surface area (Å²) >= 11 is 0. The Morgan fingerprint density at radius 2 is 1.95 bits per heavy atom. The van der Waals surface area contributed by atoms with Crippen LogP contribution in [0.3, 0.4) is 0 Å². The Kier molecular flexibility index (Phi) is 5.53. The number of nitrogens with zero attached hydrogens (tertiary/aromatic N) is 1. The smallest absolute Gasteiger partial charge is 0.410 e. The SMILES string of the molecule is CC(CC1CC1)NC1CCCN(C(=O)OC(C)(C)C)CC1. The third kappa shape index (κ3) is 6.25. The van der Waals surface area contributed by atoms with E-state index >= 15 is 0 Å². The van der Waals surface area contributed by atoms with Gasteiger partial charge in [-0.1, -0.05) is 12.8 Å². The van der Waals surface area contributed by atoms with Crippen molar-refractivity contribution in [3.8, 4) is 0 Å². The molecule has 2 rings (SSSR count). The van der Waals surface area contributed by atoms with Gasteiger partial charge in [-0.15, -0.1) is 0 Å². The van der Waals surface area contributed by atoms with Crippen molar-refractivity contribution in [3.05, 3.63) is 0 Å². The van der Waals surface area contributed by atoms with Crippen molar-refractivity contribution >= 4 is 6.09 Å². The van der Waals surface area contributed by atoms with Gasteiger partial charge in [-0.3, -0.25) is 0 Å². The van der Waals surface area contributed by atoms with E-state index in [2.05, 4.69) is 12.2 Å². The first-order chi connectivity index (χ1) is 9.83. The zero-order valence-corrected chi connectivity index (χ0v) is 14.2. The van der Waals surface area contributed by atoms with Crippen LogP contribution in [0.25, 0.3) is 0 Å². The normalized spacial score (nSPS) is 25.3. The van der Waals surface area contributed by atoms with Crippen molar-refractivity contribution in [3.63, 3.8) is 0 Å². The molecule has 1 saturated heterocycles. The first-order valence-electron chi connectivity index (χ1n) is 8.57. The van der Waals surface area contributed by atoms with Crippen molar-refractivity contribution in [2.75, 3.05) is 13.1 Å². The van der Waals surface area contributed by atoms with E-state index in [-0.39, 0.29) is 6.09 Å². The van der Waals surface area contributed by atoms with Crippen LogP contribution in [0, 0.1) is 5.92 Å². The van der Waals surface area contributed by atoms with Crippen molar-refractivity contribution in [1.82, 2.24) is 10.2 Å². The molecule has 122 valence electrons. The summed E-state index contributed by atoms with van der Waals surface area (Å²) in [5, 5.41) is 3.76. The molecule has 0 aromatic heterocycles. The summed E-state index contributed by atoms with van der Waals surface area (Å²) < 4.78 is 5.48. The molecule has 1 N–H and O–H groups in total. The maximum absolute atomic E-state index is 12.1. The topological polar surface area (TPSA) is 41.6 Å². The van der Waals surface area contributed by atoms with Gasteiger partial charge in [-0.05, 0) is 59.3 Å². The maximum atomic E-state index is 12.1. The molecule has 0 spiro atoms. The quantitative estimate of drug-likeness (QED) is 0.862. The van der Waals surface area contributed by atoms with Crippen LogP contribution in [0.2, 0.25) is 0 Å². The van der Waals surface area contributed by atoms with Gasteiger partial charge in [-0.25, -0.2) is 4.79 Å². The molecule has 4 heteroatoms. The fourth-order valence-electron chi connectivity index (χ4n) is 3.10. The van der Waals surface area contributed by atoms with Crippen LogP contribution in [0.1, 0.15) is 66.2 Å². The molecule has 1 aliphatic carbocycles. The maximum Gasteiger partial charge on any atom is 0.410 e. The number of carbonyl (C=O) groups excluding carboxylic acids is 1. The number of nitrogens with one attached hydrogen (secondary N) is 1. The van der Waals surface area contributed by atoms with E-state index in [1.807, 2.05) is 25.7 Å². The fraction of sp³-hybridized carbons (Fsp3) is 0.941. The van der Waals surface area contributed by atoms with Crippen LogP contribution in [0.4, 0.5) is 4.79 Å². The Morgan fingerprint density at radius 1 is 1.24 bits per heavy atom. The lowest BCUT2D eigenvalue weighted by Crippen LogP contribution is -2.39. The van der Waals surface area contributed by atoms with Crippen molar-refractivity contribution in [2.24, 2.45) is 5.92 Å². The zero-order chi connectivity index (χ0) is 15.5. The molecule has 1 amide bonds. The second-order valence-corrected chi connectivity index (χ2v) is 7.84. The number of carbonyl (C=O) groups is 1. The Hall–Kier alpha value is -0.770. The molecule has 0 aromatic carbocycles. The van der Waals surface area contributed by atoms with E-state index in [9.17, 15) is 4.79 Å². The lowest BCUT2D eigenvalue weighted by molar-refractivity contribution is 0.0256. The molecular weight excluding hydrogens is 264 g/mol. The Morgan fingerprint density at radius 3 is 2.57 bits per heavy atom. The van der Waals surface area contributed by atoms with E-state index in [1.165, 1.54) is 19.3 Å². The van der Waals surface area contributed by atoms with Crippen LogP contribution in [0.5, 0.6) is 0 Å². The summed E-state index contributed by atoms with van der Waals surface area (Å²) in [6.45, 7) is 9.70. The summed E-state index contributed by atoms with van der Waals surface area (Å²) in [4.78, 5) is 14.0. The number of likely N-dealkylation sites (tertiary alicyclic amines) is 1. The highest BCUT2D eigenvalue weighted by Gasteiger charge is 2.27. The molecular formula is C17H32N2O2. The van der Waals surface area contributed by atoms with Crippen molar-refractivity contribution in [2.45, 2.75) is 83.9 Å². The van der Waals surface area contributed by atoms with Crippen LogP contribution >= 0.6 is 0 Å². The van der Waals surface area contributed by atoms with Crippen molar-refractivity contribution < 1.29 is 9.53 Å². The number of ether oxygens (including phenoxy) is 1. The fourth-order valence-corrected chi connectivity index (χ4v) is 3.10. The first-order valence-corrected chi connectivity index (χ1v) is 8.57. The minimum Gasteiger partial charge on any atom is -0.444 e. The lowest BCUT2D eigenvalue weighted by atomic mass is 10.1. The third-order valence-corrected chi connectivity index (χ3v) is 4.28. The molecule has 4 nitrogen and oxygen atoms in total. The molecule has 2 fully saturated rings. The van der Waals surface area contributed by atoms with Crippen LogP contribution in [0.15, 0.2) is 0 Å². The molecule has 0 bridgehead atoms. The van der Waals surface area contributed by atoms with Crippen LogP contribution < -0.4 is 5.32 Å². The van der Waals surface area contributed by atoms with E-state index < -0.39 is 5.60 Å². The third-order valence-electron chi connectivity index (χ3n) is 4.28. The van der Waals surface area contributed by atoms with E-state index in [0.717, 1.165) is 38.3 Å². The van der Waals surface area contributed by atoms with Crippen molar-refractivity contribution in [1.29, 1.82) is 0 Å². The van der Waals surface area contributed by atoms with E-state index in [0.29, 0.717) is 12.1 Å². The highest BCUT2D eigenvalue weighted by atomic mass is 16.6. The van der Waals surface area contributed by atoms with Gasteiger partial charge in [0.25, 0.3) is 0 Å². The summed E-state index contributed by atoms with van der Waals surface area (Å²) in [5.74, 6) is 0.969. The number of rotatable bonds is 4. The minimum absolute atomic E-state index is 0.158. The zero-order valence-electron chi connectivity index (χ0n) is 14.2. The summed E-state index contributed by atoms with van der Waals surface area (Å²) in [6.07, 6.45) is 7.25. The molecule has 0 aromatic rings. The molecule has 0 radical (unpaired) electrons. The van der Waals surface area contributed by atoms with E-state index in [1.54, 1.807) is 0 Å². The van der Waals surface area contributed by atoms with Gasteiger partial charge >= 0.3 is 6.09 Å². The largest absolute Gasteiger partial charge is 0.444 e. The molecule has 21 heavy (non-hydrogen) atoms. The van der Waals surface area contributed by atoms with Gasteiger partial charge in [0.2, 0.25) is 0 Å². The van der Waals surface area contributed by atoms with Gasteiger partial charge < -0.3 is 15.0 Å². The van der Waals surface area contributed by atoms with Gasteiger partial charge in [-0.2, -0.15) is 0 Å². The van der Waals surface area contributed by atoms with Gasteiger partial charge in [0.15, 0.2) is 0 Å². The van der Waals surface area contributed by atoms with Crippen LogP contribution in [-0.2, 0) is 4.74 Å². The Balaban J connectivity index is 1.74. The molecule has 2 unspecified atom stereocenters. The number of hydrogen-bond donors (Lipinski definition) is 1. The Bertz CT molecular complexity index is 347. The average Bonchev–Trinajstić information content (AvgIpc) is 3.14. The highest BCUT2D eigenvalue weighted by Crippen LogP contribution is 2.33. The second-order valence-electron chi connectivity index (χ2n) is 7.84. The minimum atomic E-state index is -0.403. The van der Waals surface area contributed by atoms with Crippen LogP contribution in [-0.4, -0.2) is 41.8 Å². The second kappa shape index (κ2) is 6.99. The molecule has 1 heterocycles. The summed E-state index contributed by atoms with van der Waals surface area (Å²) in [5.41, 5.74) is -0.403. The predicted molar refractivity (Wildman–Crippen MR) is 85.4 cm³/mol. The summed E-state index contributed by atoms with van der Waals surface area (Å²) in [7, 11) is 0. The summed E-state index contributed by atoms with van der Waals surface area (Å²) in [6, 6.07) is 1.15. The molecule has 1 aliphatic heterocycles. The first kappa shape index (κ1) is 16.6. The standard InChI is InChI=1S/C17H32N2O2/c1-13(12-14-7-8-14)18-15-6-5-10-19(11-9-15)16(20)21-17(2,3)4/h13-15,18H,5-12H2,1-4H3. The van der Waals surface area contributed by atoms with Gasteiger partial charge in [0.05, 0.1) is 0 Å². The van der Waals surface area contributed by atoms with Gasteiger partial charge in [0.1, 0.15) is 5.60 Å². The van der Waals surface area contributed by atoms with E-state index in [4.69, 9.17) is 4.74 Å². The Labute approximate surface area is 129 Å². The number of amides is 1. The molecule has 2 atom stereocenters. The molecule has 1 saturated carbocycles. The lowest BCUT2D eigenvalue weighted by Gasteiger charge is -2.26. The average molecular weight is 296 g/mol.